The summed E-state index contributed by atoms with van der Waals surface area (Å²) in [6.07, 6.45) is 6.56. The topological polar surface area (TPSA) is 98.7 Å². The monoisotopic (exact) mass is 428 g/mol. The van der Waals surface area contributed by atoms with Crippen molar-refractivity contribution in [2.75, 3.05) is 16.2 Å². The number of aromatic nitrogens is 4. The van der Waals surface area contributed by atoms with Crippen LogP contribution in [-0.4, -0.2) is 25.3 Å². The lowest BCUT2D eigenvalue weighted by atomic mass is 10.1. The quantitative estimate of drug-likeness (QED) is 0.561. The van der Waals surface area contributed by atoms with Gasteiger partial charge in [-0.25, -0.2) is 14.4 Å². The summed E-state index contributed by atoms with van der Waals surface area (Å²) in [7, 11) is 0. The molecule has 158 valence electrons. The molecule has 7 nitrogen and oxygen atoms in total. The van der Waals surface area contributed by atoms with E-state index in [1.807, 2.05) is 13.8 Å². The number of nitrogens with two attached hydrogens (primary N) is 1. The lowest BCUT2D eigenvalue weighted by Gasteiger charge is -2.15. The van der Waals surface area contributed by atoms with E-state index in [0.29, 0.717) is 28.3 Å². The molecule has 0 amide bonds. The zero-order chi connectivity index (χ0) is 21.3. The van der Waals surface area contributed by atoms with Gasteiger partial charge in [0.15, 0.2) is 5.65 Å². The first-order chi connectivity index (χ1) is 14.4. The van der Waals surface area contributed by atoms with E-state index in [4.69, 9.17) is 5.73 Å². The van der Waals surface area contributed by atoms with Gasteiger partial charge in [0.1, 0.15) is 17.0 Å². The zero-order valence-electron chi connectivity index (χ0n) is 17.1. The number of anilines is 2. The lowest BCUT2D eigenvalue weighted by Crippen LogP contribution is -2.26. The molecule has 2 heterocycles. The molecule has 0 saturated heterocycles. The van der Waals surface area contributed by atoms with Crippen LogP contribution in [0.5, 0.6) is 0 Å². The second-order valence-electron chi connectivity index (χ2n) is 7.92. The fourth-order valence-corrected chi connectivity index (χ4v) is 4.81. The van der Waals surface area contributed by atoms with E-state index in [9.17, 15) is 9.18 Å². The summed E-state index contributed by atoms with van der Waals surface area (Å²) >= 11 is 1.53. The molecule has 1 saturated carbocycles. The third kappa shape index (κ3) is 4.12. The third-order valence-corrected chi connectivity index (χ3v) is 6.39. The van der Waals surface area contributed by atoms with Crippen molar-refractivity contribution in [3.05, 3.63) is 40.6 Å². The number of nitrogens with one attached hydrogen (secondary N) is 1. The van der Waals surface area contributed by atoms with Crippen LogP contribution in [0.15, 0.2) is 29.2 Å². The zero-order valence-corrected chi connectivity index (χ0v) is 17.9. The number of hydrogen-bond acceptors (Lipinski definition) is 7. The molecule has 2 aromatic heterocycles. The SMILES string of the molecule is CC(C)n1c(=O)c(-c2ccc(NSCC3CCCC3)c(F)c2)nc2cnc(N)nc21. The Kier molecular flexibility index (Phi) is 5.90. The number of fused-ring (bicyclic) bond motifs is 1. The third-order valence-electron chi connectivity index (χ3n) is 5.39. The Morgan fingerprint density at radius 2 is 2.07 bits per heavy atom. The van der Waals surface area contributed by atoms with Crippen LogP contribution in [0.3, 0.4) is 0 Å². The van der Waals surface area contributed by atoms with Crippen molar-refractivity contribution in [3.8, 4) is 11.3 Å². The van der Waals surface area contributed by atoms with E-state index in [1.165, 1.54) is 54.5 Å². The minimum absolute atomic E-state index is 0.0717. The van der Waals surface area contributed by atoms with Crippen molar-refractivity contribution in [2.45, 2.75) is 45.6 Å². The highest BCUT2D eigenvalue weighted by molar-refractivity contribution is 8.00. The molecule has 0 bridgehead atoms. The maximum atomic E-state index is 14.7. The van der Waals surface area contributed by atoms with Crippen molar-refractivity contribution < 1.29 is 4.39 Å². The van der Waals surface area contributed by atoms with Crippen LogP contribution >= 0.6 is 11.9 Å². The second-order valence-corrected chi connectivity index (χ2v) is 8.75. The summed E-state index contributed by atoms with van der Waals surface area (Å²) in [5.41, 5.74) is 7.12. The van der Waals surface area contributed by atoms with E-state index >= 15 is 0 Å². The summed E-state index contributed by atoms with van der Waals surface area (Å²) < 4.78 is 19.4. The minimum atomic E-state index is -0.419. The summed E-state index contributed by atoms with van der Waals surface area (Å²) in [5.74, 6) is 1.33. The van der Waals surface area contributed by atoms with E-state index in [2.05, 4.69) is 19.7 Å². The molecule has 0 unspecified atom stereocenters. The first-order valence-electron chi connectivity index (χ1n) is 10.2. The lowest BCUT2D eigenvalue weighted by molar-refractivity contribution is 0.593. The molecule has 1 aliphatic carbocycles. The van der Waals surface area contributed by atoms with Gasteiger partial charge in [0.2, 0.25) is 5.95 Å². The molecule has 0 radical (unpaired) electrons. The second kappa shape index (κ2) is 8.59. The Balaban J connectivity index is 1.65. The summed E-state index contributed by atoms with van der Waals surface area (Å²) in [6.45, 7) is 3.75. The Labute approximate surface area is 178 Å². The average Bonchev–Trinajstić information content (AvgIpc) is 3.22. The van der Waals surface area contributed by atoms with Crippen molar-refractivity contribution >= 4 is 34.7 Å². The first kappa shape index (κ1) is 20.6. The molecule has 1 aliphatic rings. The fourth-order valence-electron chi connectivity index (χ4n) is 3.84. The van der Waals surface area contributed by atoms with Gasteiger partial charge in [0, 0.05) is 17.4 Å². The van der Waals surface area contributed by atoms with Gasteiger partial charge in [-0.2, -0.15) is 4.98 Å². The standard InChI is InChI=1S/C21H25FN6OS/c1-12(2)28-19-17(10-24-21(23)26-19)25-18(20(28)29)14-7-8-16(15(22)9-14)27-30-11-13-5-3-4-6-13/h7-10,12-13,27H,3-6,11H2,1-2H3,(H2,23,24,26). The van der Waals surface area contributed by atoms with Gasteiger partial charge in [-0.3, -0.25) is 9.36 Å². The molecule has 3 aromatic rings. The molecule has 30 heavy (non-hydrogen) atoms. The Morgan fingerprint density at radius 3 is 2.77 bits per heavy atom. The molecule has 0 spiro atoms. The largest absolute Gasteiger partial charge is 0.368 e. The van der Waals surface area contributed by atoms with E-state index in [0.717, 1.165) is 5.75 Å². The maximum absolute atomic E-state index is 14.7. The minimum Gasteiger partial charge on any atom is -0.368 e. The Hall–Kier alpha value is -2.68. The first-order valence-corrected chi connectivity index (χ1v) is 11.1. The number of nitrogens with zero attached hydrogens (tertiary/aromatic N) is 4. The highest BCUT2D eigenvalue weighted by Crippen LogP contribution is 2.30. The predicted octanol–water partition coefficient (Wildman–Crippen LogP) is 4.41. The van der Waals surface area contributed by atoms with E-state index in [1.54, 1.807) is 12.1 Å². The molecule has 1 fully saturated rings. The van der Waals surface area contributed by atoms with Gasteiger partial charge in [-0.15, -0.1) is 0 Å². The fraction of sp³-hybridized carbons (Fsp3) is 0.429. The Bertz CT molecular complexity index is 1130. The van der Waals surface area contributed by atoms with Gasteiger partial charge in [0.25, 0.3) is 5.56 Å². The number of hydrogen-bond donors (Lipinski definition) is 2. The predicted molar refractivity (Wildman–Crippen MR) is 120 cm³/mol. The van der Waals surface area contributed by atoms with Crippen molar-refractivity contribution in [2.24, 2.45) is 5.92 Å². The van der Waals surface area contributed by atoms with Crippen LogP contribution in [0, 0.1) is 11.7 Å². The van der Waals surface area contributed by atoms with Crippen molar-refractivity contribution in [1.29, 1.82) is 0 Å². The van der Waals surface area contributed by atoms with Gasteiger partial charge in [-0.05, 0) is 44.7 Å². The van der Waals surface area contributed by atoms with Crippen molar-refractivity contribution in [3.63, 3.8) is 0 Å². The normalized spacial score (nSPS) is 14.7. The van der Waals surface area contributed by atoms with Crippen LogP contribution in [-0.2, 0) is 0 Å². The van der Waals surface area contributed by atoms with E-state index < -0.39 is 5.82 Å². The molecule has 9 heteroatoms. The van der Waals surface area contributed by atoms with E-state index in [-0.39, 0.29) is 23.2 Å². The number of nitrogen functional groups attached to an aromatic ring is 1. The summed E-state index contributed by atoms with van der Waals surface area (Å²) in [5, 5.41) is 0. The Morgan fingerprint density at radius 1 is 1.30 bits per heavy atom. The molecular formula is C21H25FN6OS. The maximum Gasteiger partial charge on any atom is 0.278 e. The molecule has 3 N–H and O–H groups in total. The number of rotatable bonds is 6. The number of halogens is 1. The smallest absolute Gasteiger partial charge is 0.278 e. The molecular weight excluding hydrogens is 403 g/mol. The molecule has 4 rings (SSSR count). The van der Waals surface area contributed by atoms with Gasteiger partial charge in [-0.1, -0.05) is 30.9 Å². The highest BCUT2D eigenvalue weighted by atomic mass is 32.2. The average molecular weight is 429 g/mol. The summed E-state index contributed by atoms with van der Waals surface area (Å²) in [6, 6.07) is 4.53. The van der Waals surface area contributed by atoms with Crippen molar-refractivity contribution in [1.82, 2.24) is 19.5 Å². The molecule has 0 aliphatic heterocycles. The number of benzene rings is 1. The van der Waals surface area contributed by atoms with Crippen LogP contribution in [0.1, 0.15) is 45.6 Å². The molecule has 0 atom stereocenters. The molecule has 1 aromatic carbocycles. The van der Waals surface area contributed by atoms with Gasteiger partial charge in [0.05, 0.1) is 11.9 Å². The van der Waals surface area contributed by atoms with Crippen LogP contribution in [0.4, 0.5) is 16.0 Å². The van der Waals surface area contributed by atoms with Crippen LogP contribution in [0.25, 0.3) is 22.4 Å². The van der Waals surface area contributed by atoms with Gasteiger partial charge >= 0.3 is 0 Å². The highest BCUT2D eigenvalue weighted by Gasteiger charge is 2.18. The van der Waals surface area contributed by atoms with Crippen LogP contribution < -0.4 is 16.0 Å². The van der Waals surface area contributed by atoms with Gasteiger partial charge < -0.3 is 10.5 Å². The summed E-state index contributed by atoms with van der Waals surface area (Å²) in [4.78, 5) is 25.7. The van der Waals surface area contributed by atoms with Crippen LogP contribution in [0.2, 0.25) is 0 Å².